The van der Waals surface area contributed by atoms with E-state index >= 15 is 0 Å². The number of nitrogens with one attached hydrogen (secondary N) is 2. The minimum absolute atomic E-state index is 0.0331. The number of carbonyl (C=O) groups excluding carboxylic acids is 3. The molecule has 1 aliphatic carbocycles. The van der Waals surface area contributed by atoms with Crippen LogP contribution in [0.2, 0.25) is 0 Å². The Morgan fingerprint density at radius 1 is 1.09 bits per heavy atom. The molecule has 1 fully saturated rings. The number of carbonyl (C=O) groups is 3. The van der Waals surface area contributed by atoms with Crippen molar-refractivity contribution in [2.75, 3.05) is 0 Å². The Bertz CT molecular complexity index is 928. The third-order valence-corrected chi connectivity index (χ3v) is 5.33. The van der Waals surface area contributed by atoms with E-state index in [-0.39, 0.29) is 11.9 Å². The molecule has 1 aromatic carbocycles. The molecule has 0 heterocycles. The van der Waals surface area contributed by atoms with Crippen molar-refractivity contribution in [1.82, 2.24) is 15.5 Å². The van der Waals surface area contributed by atoms with Crippen LogP contribution in [0, 0.1) is 24.8 Å². The molecule has 1 aliphatic rings. The maximum absolute atomic E-state index is 13.4. The summed E-state index contributed by atoms with van der Waals surface area (Å²) in [6, 6.07) is 7.05. The van der Waals surface area contributed by atoms with Crippen LogP contribution < -0.4 is 10.6 Å². The van der Waals surface area contributed by atoms with E-state index in [1.807, 2.05) is 0 Å². The van der Waals surface area contributed by atoms with Crippen LogP contribution in [0.15, 0.2) is 24.3 Å². The van der Waals surface area contributed by atoms with Crippen molar-refractivity contribution in [3.05, 3.63) is 35.4 Å². The van der Waals surface area contributed by atoms with Crippen LogP contribution in [-0.2, 0) is 14.3 Å². The first kappa shape index (κ1) is 25.8. The predicted octanol–water partition coefficient (Wildman–Crippen LogP) is 3.49. The van der Waals surface area contributed by atoms with E-state index < -0.39 is 29.7 Å². The quantitative estimate of drug-likeness (QED) is 0.512. The maximum atomic E-state index is 13.4. The van der Waals surface area contributed by atoms with Crippen LogP contribution in [0.25, 0.3) is 0 Å². The van der Waals surface area contributed by atoms with Crippen LogP contribution in [0.5, 0.6) is 0 Å². The molecule has 3 amide bonds. The Hall–Kier alpha value is -3.45. The van der Waals surface area contributed by atoms with Gasteiger partial charge in [0.2, 0.25) is 5.91 Å². The third kappa shape index (κ3) is 7.57. The Morgan fingerprint density at radius 3 is 2.21 bits per heavy atom. The molecule has 0 saturated heterocycles. The molecule has 7 nitrogen and oxygen atoms in total. The number of alkyl carbamates (subject to hydrolysis) is 1. The lowest BCUT2D eigenvalue weighted by Gasteiger charge is -2.31. The van der Waals surface area contributed by atoms with Crippen molar-refractivity contribution >= 4 is 17.9 Å². The Labute approximate surface area is 196 Å². The van der Waals surface area contributed by atoms with E-state index in [0.717, 1.165) is 37.0 Å². The van der Waals surface area contributed by atoms with E-state index in [9.17, 15) is 14.4 Å². The van der Waals surface area contributed by atoms with Gasteiger partial charge in [-0.15, -0.1) is 6.42 Å². The molecule has 2 atom stereocenters. The highest BCUT2D eigenvalue weighted by Crippen LogP contribution is 2.24. The van der Waals surface area contributed by atoms with Crippen molar-refractivity contribution in [1.29, 1.82) is 0 Å². The number of terminal acetylenes is 2. The second-order valence-electron chi connectivity index (χ2n) is 9.22. The number of hydrogen-bond donors (Lipinski definition) is 2. The fourth-order valence-electron chi connectivity index (χ4n) is 3.73. The van der Waals surface area contributed by atoms with E-state index in [4.69, 9.17) is 17.6 Å². The zero-order chi connectivity index (χ0) is 24.6. The lowest BCUT2D eigenvalue weighted by Crippen LogP contribution is -2.51. The first-order valence-electron chi connectivity index (χ1n) is 11.2. The van der Waals surface area contributed by atoms with E-state index in [1.54, 1.807) is 45.0 Å². The van der Waals surface area contributed by atoms with Gasteiger partial charge < -0.3 is 15.4 Å². The summed E-state index contributed by atoms with van der Waals surface area (Å²) >= 11 is 0. The number of ether oxygens (including phenoxy) is 1. The highest BCUT2D eigenvalue weighted by molar-refractivity contribution is 5.93. The highest BCUT2D eigenvalue weighted by Gasteiger charge is 2.35. The molecule has 2 unspecified atom stereocenters. The molecule has 2 rings (SSSR count). The SMILES string of the molecule is C#Cc1ccc(C(C(=O)NC2CCCCC2)N(C#C)C(=O)C(C)NC(=O)OC(C)(C)C)cc1. The Morgan fingerprint density at radius 2 is 1.70 bits per heavy atom. The van der Waals surface area contributed by atoms with Crippen LogP contribution in [0.4, 0.5) is 4.79 Å². The number of amides is 3. The summed E-state index contributed by atoms with van der Waals surface area (Å²) in [5.74, 6) is 1.56. The number of benzene rings is 1. The Balaban J connectivity index is 2.28. The largest absolute Gasteiger partial charge is 0.444 e. The molecule has 7 heteroatoms. The van der Waals surface area contributed by atoms with Gasteiger partial charge in [0.05, 0.1) is 0 Å². The van der Waals surface area contributed by atoms with Crippen molar-refractivity contribution in [3.63, 3.8) is 0 Å². The zero-order valence-corrected chi connectivity index (χ0v) is 19.8. The highest BCUT2D eigenvalue weighted by atomic mass is 16.6. The van der Waals surface area contributed by atoms with E-state index in [2.05, 4.69) is 22.6 Å². The number of nitrogens with zero attached hydrogens (tertiary/aromatic N) is 1. The van der Waals surface area contributed by atoms with Crippen molar-refractivity contribution in [2.45, 2.75) is 83.5 Å². The molecular weight excluding hydrogens is 418 g/mol. The summed E-state index contributed by atoms with van der Waals surface area (Å²) in [5.41, 5.74) is 0.446. The van der Waals surface area contributed by atoms with Gasteiger partial charge in [0.1, 0.15) is 17.7 Å². The molecule has 2 N–H and O–H groups in total. The molecule has 1 saturated carbocycles. The second-order valence-corrected chi connectivity index (χ2v) is 9.22. The molecule has 0 spiro atoms. The second kappa shape index (κ2) is 11.4. The minimum Gasteiger partial charge on any atom is -0.444 e. The first-order valence-corrected chi connectivity index (χ1v) is 11.2. The van der Waals surface area contributed by atoms with Gasteiger partial charge >= 0.3 is 6.09 Å². The first-order chi connectivity index (χ1) is 15.6. The van der Waals surface area contributed by atoms with Crippen LogP contribution >= 0.6 is 0 Å². The van der Waals surface area contributed by atoms with Gasteiger partial charge in [0.25, 0.3) is 5.91 Å². The predicted molar refractivity (Wildman–Crippen MR) is 127 cm³/mol. The van der Waals surface area contributed by atoms with Crippen molar-refractivity contribution in [3.8, 4) is 24.8 Å². The van der Waals surface area contributed by atoms with Gasteiger partial charge in [-0.25, -0.2) is 4.79 Å². The standard InChI is InChI=1S/C26H33N3O4/c1-7-19-14-16-20(17-15-19)22(23(30)28-21-12-10-9-11-13-21)29(8-2)24(31)18(3)27-25(32)33-26(4,5)6/h1-2,14-18,21-22H,9-13H2,3-6H3,(H,27,32)(H,28,30). The lowest BCUT2D eigenvalue weighted by molar-refractivity contribution is -0.138. The molecule has 33 heavy (non-hydrogen) atoms. The van der Waals surface area contributed by atoms with Gasteiger partial charge in [0, 0.05) is 17.6 Å². The summed E-state index contributed by atoms with van der Waals surface area (Å²) in [5, 5.41) is 5.54. The normalized spacial score (nSPS) is 15.8. The molecule has 0 radical (unpaired) electrons. The molecule has 176 valence electrons. The van der Waals surface area contributed by atoms with Crippen LogP contribution in [0.1, 0.15) is 77.0 Å². The van der Waals surface area contributed by atoms with Gasteiger partial charge in [-0.3, -0.25) is 14.5 Å². The monoisotopic (exact) mass is 451 g/mol. The third-order valence-electron chi connectivity index (χ3n) is 5.33. The van der Waals surface area contributed by atoms with Crippen LogP contribution in [0.3, 0.4) is 0 Å². The Kier molecular flexibility index (Phi) is 8.94. The van der Waals surface area contributed by atoms with Gasteiger partial charge in [-0.05, 0) is 58.2 Å². The number of hydrogen-bond acceptors (Lipinski definition) is 4. The average molecular weight is 452 g/mol. The van der Waals surface area contributed by atoms with E-state index in [1.165, 1.54) is 6.92 Å². The molecule has 1 aromatic rings. The summed E-state index contributed by atoms with van der Waals surface area (Å²) in [7, 11) is 0. The van der Waals surface area contributed by atoms with Crippen molar-refractivity contribution in [2.24, 2.45) is 0 Å². The van der Waals surface area contributed by atoms with Gasteiger partial charge in [-0.2, -0.15) is 0 Å². The molecule has 0 aromatic heterocycles. The summed E-state index contributed by atoms with van der Waals surface area (Å²) in [6.07, 6.45) is 15.4. The summed E-state index contributed by atoms with van der Waals surface area (Å²) in [6.45, 7) is 6.66. The smallest absolute Gasteiger partial charge is 0.408 e. The minimum atomic E-state index is -1.07. The molecule has 0 aliphatic heterocycles. The fourth-order valence-corrected chi connectivity index (χ4v) is 3.73. The number of rotatable bonds is 6. The van der Waals surface area contributed by atoms with Gasteiger partial charge in [0.15, 0.2) is 0 Å². The van der Waals surface area contributed by atoms with Crippen molar-refractivity contribution < 1.29 is 19.1 Å². The maximum Gasteiger partial charge on any atom is 0.408 e. The topological polar surface area (TPSA) is 87.7 Å². The van der Waals surface area contributed by atoms with Crippen LogP contribution in [-0.4, -0.2) is 40.5 Å². The fraction of sp³-hybridized carbons (Fsp3) is 0.500. The summed E-state index contributed by atoms with van der Waals surface area (Å²) in [4.78, 5) is 39.7. The lowest BCUT2D eigenvalue weighted by atomic mass is 9.94. The summed E-state index contributed by atoms with van der Waals surface area (Å²) < 4.78 is 5.22. The average Bonchev–Trinajstić information content (AvgIpc) is 2.76. The zero-order valence-electron chi connectivity index (χ0n) is 19.8. The van der Waals surface area contributed by atoms with Gasteiger partial charge in [-0.1, -0.05) is 43.7 Å². The van der Waals surface area contributed by atoms with E-state index in [0.29, 0.717) is 11.1 Å². The molecule has 0 bridgehead atoms. The molecular formula is C26H33N3O4.